The van der Waals surface area contributed by atoms with Crippen molar-refractivity contribution in [1.29, 1.82) is 0 Å². The zero-order chi connectivity index (χ0) is 27.1. The summed E-state index contributed by atoms with van der Waals surface area (Å²) in [5, 5.41) is 0.953. The molecule has 3 heterocycles. The summed E-state index contributed by atoms with van der Waals surface area (Å²) in [5.41, 5.74) is 4.23. The number of likely N-dealkylation sites (N-methyl/N-ethyl adjacent to an activating group) is 1. The maximum absolute atomic E-state index is 13.2. The van der Waals surface area contributed by atoms with Crippen molar-refractivity contribution >= 4 is 38.2 Å². The number of hydrogen-bond acceptors (Lipinski definition) is 7. The largest absolute Gasteiger partial charge is 0.476 e. The van der Waals surface area contributed by atoms with E-state index >= 15 is 0 Å². The molecule has 0 radical (unpaired) electrons. The zero-order valence-electron chi connectivity index (χ0n) is 22.5. The third kappa shape index (κ3) is 4.71. The summed E-state index contributed by atoms with van der Waals surface area (Å²) in [7, 11) is 2.26. The maximum atomic E-state index is 13.2. The second kappa shape index (κ2) is 10.1. The Kier molecular flexibility index (Phi) is 7.04. The average molecular weight is 538 g/mol. The number of pyridine rings is 2. The van der Waals surface area contributed by atoms with Gasteiger partial charge in [0, 0.05) is 36.3 Å². The monoisotopic (exact) mass is 537 g/mol. The first-order valence-electron chi connectivity index (χ1n) is 13.1. The second-order valence-corrected chi connectivity index (χ2v) is 12.4. The Morgan fingerprint density at radius 2 is 1.92 bits per heavy atom. The normalized spacial score (nSPS) is 16.2. The number of amides is 1. The molecule has 1 amide bonds. The molecule has 1 aliphatic carbocycles. The van der Waals surface area contributed by atoms with Crippen molar-refractivity contribution < 1.29 is 17.9 Å². The summed E-state index contributed by atoms with van der Waals surface area (Å²) in [6, 6.07) is 7.73. The number of rotatable bonds is 10. The Morgan fingerprint density at radius 3 is 2.61 bits per heavy atom. The number of carbonyl (C=O) groups is 1. The fraction of sp³-hybridized carbons (Fsp3) is 0.464. The maximum Gasteiger partial charge on any atom is 0.238 e. The quantitative estimate of drug-likeness (QED) is 0.387. The first kappa shape index (κ1) is 26.4. The molecule has 1 N–H and O–H groups in total. The number of fused-ring (bicyclic) bond motifs is 4. The predicted molar refractivity (Wildman–Crippen MR) is 150 cm³/mol. The van der Waals surface area contributed by atoms with Crippen LogP contribution in [0.5, 0.6) is 5.88 Å². The van der Waals surface area contributed by atoms with Crippen molar-refractivity contribution in [2.24, 2.45) is 0 Å². The third-order valence-corrected chi connectivity index (χ3v) is 9.00. The first-order valence-corrected chi connectivity index (χ1v) is 14.8. The van der Waals surface area contributed by atoms with Gasteiger partial charge in [0.15, 0.2) is 0 Å². The Balaban J connectivity index is 1.54. The van der Waals surface area contributed by atoms with E-state index in [1.54, 1.807) is 23.4 Å². The molecule has 1 aliphatic heterocycles. The van der Waals surface area contributed by atoms with Gasteiger partial charge in [0.25, 0.3) is 0 Å². The van der Waals surface area contributed by atoms with Crippen LogP contribution in [-0.2, 0) is 20.2 Å². The lowest BCUT2D eigenvalue weighted by Crippen LogP contribution is -2.43. The van der Waals surface area contributed by atoms with E-state index in [1.165, 1.54) is 0 Å². The van der Waals surface area contributed by atoms with Gasteiger partial charge < -0.3 is 14.5 Å². The molecule has 2 aromatic heterocycles. The van der Waals surface area contributed by atoms with Gasteiger partial charge in [-0.15, -0.1) is 0 Å². The molecule has 1 spiro atoms. The number of carbonyl (C=O) groups excluding carboxylic acids is 1. The molecule has 0 atom stereocenters. The fourth-order valence-corrected chi connectivity index (χ4v) is 6.61. The van der Waals surface area contributed by atoms with E-state index in [2.05, 4.69) is 19.6 Å². The van der Waals surface area contributed by atoms with Crippen LogP contribution in [-0.4, -0.2) is 69.2 Å². The van der Waals surface area contributed by atoms with Crippen LogP contribution >= 0.6 is 0 Å². The first-order chi connectivity index (χ1) is 18.1. The highest BCUT2D eigenvalue weighted by Crippen LogP contribution is 2.55. The van der Waals surface area contributed by atoms with Gasteiger partial charge in [-0.25, -0.2) is 13.4 Å². The highest BCUT2D eigenvalue weighted by atomic mass is 32.2. The Morgan fingerprint density at radius 1 is 1.13 bits per heavy atom. The number of nitrogens with one attached hydrogen (secondary N) is 1. The Labute approximate surface area is 224 Å². The lowest BCUT2D eigenvalue weighted by molar-refractivity contribution is -0.125. The number of anilines is 2. The van der Waals surface area contributed by atoms with Crippen LogP contribution in [0.3, 0.4) is 0 Å². The van der Waals surface area contributed by atoms with Crippen molar-refractivity contribution in [2.75, 3.05) is 49.7 Å². The van der Waals surface area contributed by atoms with Crippen LogP contribution in [0.1, 0.15) is 44.6 Å². The van der Waals surface area contributed by atoms with Gasteiger partial charge >= 0.3 is 0 Å². The molecular formula is C28H35N5O4S. The van der Waals surface area contributed by atoms with E-state index in [-0.39, 0.29) is 17.5 Å². The Hall–Kier alpha value is -3.24. The van der Waals surface area contributed by atoms with Crippen LogP contribution in [0.2, 0.25) is 0 Å². The minimum absolute atomic E-state index is 0.00864. The van der Waals surface area contributed by atoms with Crippen LogP contribution < -0.4 is 14.4 Å². The summed E-state index contributed by atoms with van der Waals surface area (Å²) in [6.45, 7) is 3.10. The molecule has 1 fully saturated rings. The van der Waals surface area contributed by atoms with Crippen molar-refractivity contribution in [1.82, 2.24) is 14.9 Å². The van der Waals surface area contributed by atoms with Crippen molar-refractivity contribution in [3.63, 3.8) is 0 Å². The SMILES string of the molecule is CCCS(=O)(=O)Nc1cc(-c2ccc3ncc4c(c3c2)C2(CCC2)C(=O)N4C)cnc1OCCCN(C)C. The van der Waals surface area contributed by atoms with Crippen molar-refractivity contribution in [2.45, 2.75) is 44.4 Å². The van der Waals surface area contributed by atoms with Gasteiger partial charge in [0.2, 0.25) is 21.8 Å². The predicted octanol–water partition coefficient (Wildman–Crippen LogP) is 4.18. The molecule has 5 rings (SSSR count). The summed E-state index contributed by atoms with van der Waals surface area (Å²) >= 11 is 0. The molecule has 3 aromatic rings. The molecule has 1 saturated carbocycles. The van der Waals surface area contributed by atoms with Gasteiger partial charge in [-0.3, -0.25) is 14.5 Å². The number of nitrogens with zero attached hydrogens (tertiary/aromatic N) is 4. The summed E-state index contributed by atoms with van der Waals surface area (Å²) < 4.78 is 33.9. The van der Waals surface area contributed by atoms with Gasteiger partial charge in [-0.2, -0.15) is 0 Å². The fourth-order valence-electron chi connectivity index (χ4n) is 5.49. The summed E-state index contributed by atoms with van der Waals surface area (Å²) in [6.07, 6.45) is 7.51. The molecule has 1 aromatic carbocycles. The number of hydrogen-bond donors (Lipinski definition) is 1. The van der Waals surface area contributed by atoms with E-state index in [1.807, 2.05) is 46.3 Å². The molecule has 38 heavy (non-hydrogen) atoms. The standard InChI is InChI=1S/C28H35N5O4S/c1-5-14-38(35,36)31-23-16-20(17-30-26(23)37-13-7-12-32(2)3)19-8-9-22-21(15-19)25-24(18-29-22)33(4)27(34)28(25)10-6-11-28/h8-9,15-18,31H,5-7,10-14H2,1-4H3. The molecule has 10 heteroatoms. The van der Waals surface area contributed by atoms with Crippen LogP contribution in [0, 0.1) is 0 Å². The van der Waals surface area contributed by atoms with Gasteiger partial charge in [0.1, 0.15) is 5.69 Å². The minimum atomic E-state index is -3.55. The zero-order valence-corrected chi connectivity index (χ0v) is 23.3. The topological polar surface area (TPSA) is 105 Å². The number of aromatic nitrogens is 2. The van der Waals surface area contributed by atoms with Gasteiger partial charge in [0.05, 0.1) is 35.2 Å². The molecular weight excluding hydrogens is 502 g/mol. The van der Waals surface area contributed by atoms with E-state index in [0.29, 0.717) is 18.7 Å². The second-order valence-electron chi connectivity index (χ2n) is 10.6. The van der Waals surface area contributed by atoms with E-state index in [4.69, 9.17) is 4.74 Å². The van der Waals surface area contributed by atoms with Crippen molar-refractivity contribution in [3.05, 3.63) is 42.2 Å². The number of sulfonamides is 1. The molecule has 0 saturated heterocycles. The number of benzene rings is 1. The molecule has 0 unspecified atom stereocenters. The van der Waals surface area contributed by atoms with Crippen LogP contribution in [0.15, 0.2) is 36.7 Å². The average Bonchev–Trinajstić information content (AvgIpc) is 3.09. The van der Waals surface area contributed by atoms with Gasteiger partial charge in [-0.05, 0) is 63.5 Å². The molecule has 202 valence electrons. The molecule has 9 nitrogen and oxygen atoms in total. The lowest BCUT2D eigenvalue weighted by Gasteiger charge is -2.37. The molecule has 2 aliphatic rings. The van der Waals surface area contributed by atoms with Crippen molar-refractivity contribution in [3.8, 4) is 17.0 Å². The minimum Gasteiger partial charge on any atom is -0.476 e. The van der Waals surface area contributed by atoms with E-state index in [9.17, 15) is 13.2 Å². The number of ether oxygens (including phenoxy) is 1. The lowest BCUT2D eigenvalue weighted by atomic mass is 9.64. The summed E-state index contributed by atoms with van der Waals surface area (Å²) in [5.74, 6) is 0.411. The Bertz CT molecular complexity index is 1480. The van der Waals surface area contributed by atoms with E-state index < -0.39 is 15.4 Å². The van der Waals surface area contributed by atoms with Crippen LogP contribution in [0.4, 0.5) is 11.4 Å². The smallest absolute Gasteiger partial charge is 0.238 e. The van der Waals surface area contributed by atoms with Crippen LogP contribution in [0.25, 0.3) is 22.0 Å². The van der Waals surface area contributed by atoms with E-state index in [0.717, 1.165) is 65.5 Å². The third-order valence-electron chi connectivity index (χ3n) is 7.52. The highest BCUT2D eigenvalue weighted by molar-refractivity contribution is 7.92. The molecule has 0 bridgehead atoms. The van der Waals surface area contributed by atoms with Gasteiger partial charge in [-0.1, -0.05) is 19.4 Å². The summed E-state index contributed by atoms with van der Waals surface area (Å²) in [4.78, 5) is 26.1. The highest BCUT2D eigenvalue weighted by Gasteiger charge is 2.54.